The molecule has 0 fully saturated rings. The molecular formula is C26H25Cl2N3O7S. The molecule has 2 aromatic carbocycles. The minimum Gasteiger partial charge on any atom is -0.391 e. The van der Waals surface area contributed by atoms with E-state index in [9.17, 15) is 33.3 Å². The molecule has 6 N–H and O–H groups in total. The van der Waals surface area contributed by atoms with Crippen molar-refractivity contribution in [2.75, 3.05) is 18.5 Å². The first kappa shape index (κ1) is 28.8. The van der Waals surface area contributed by atoms with Crippen LogP contribution in [0.25, 0.3) is 11.6 Å². The van der Waals surface area contributed by atoms with Gasteiger partial charge in [-0.15, -0.1) is 0 Å². The Bertz CT molecular complexity index is 1610. The highest BCUT2D eigenvalue weighted by atomic mass is 35.5. The van der Waals surface area contributed by atoms with Gasteiger partial charge in [0.2, 0.25) is 0 Å². The maximum absolute atomic E-state index is 13.2. The summed E-state index contributed by atoms with van der Waals surface area (Å²) in [5.74, 6) is -1.66. The number of aliphatic hydroxyl groups is 3. The van der Waals surface area contributed by atoms with Gasteiger partial charge in [-0.1, -0.05) is 29.3 Å². The molecule has 0 radical (unpaired) electrons. The fourth-order valence-electron chi connectivity index (χ4n) is 4.25. The van der Waals surface area contributed by atoms with Crippen molar-refractivity contribution < 1.29 is 33.3 Å². The lowest BCUT2D eigenvalue weighted by Gasteiger charge is -2.24. The first-order valence-electron chi connectivity index (χ1n) is 11.6. The normalized spacial score (nSPS) is 14.4. The van der Waals surface area contributed by atoms with Gasteiger partial charge >= 0.3 is 0 Å². The zero-order chi connectivity index (χ0) is 28.7. The number of hydrogen-bond donors (Lipinski definition) is 6. The van der Waals surface area contributed by atoms with Crippen molar-refractivity contribution in [2.24, 2.45) is 0 Å². The number of amides is 2. The van der Waals surface area contributed by atoms with Crippen LogP contribution in [0.1, 0.15) is 38.4 Å². The number of benzene rings is 2. The van der Waals surface area contributed by atoms with Crippen LogP contribution in [0.2, 0.25) is 10.0 Å². The minimum absolute atomic E-state index is 0.0358. The molecule has 3 aromatic rings. The zero-order valence-electron chi connectivity index (χ0n) is 20.8. The lowest BCUT2D eigenvalue weighted by Crippen LogP contribution is -2.54. The number of aliphatic hydroxyl groups excluding tert-OH is 2. The highest BCUT2D eigenvalue weighted by Crippen LogP contribution is 2.37. The van der Waals surface area contributed by atoms with Gasteiger partial charge in [-0.2, -0.15) is 0 Å². The third-order valence-corrected chi connectivity index (χ3v) is 8.74. The smallest absolute Gasteiger partial charge is 0.256 e. The molecule has 0 saturated heterocycles. The van der Waals surface area contributed by atoms with Crippen molar-refractivity contribution in [2.45, 2.75) is 30.2 Å². The summed E-state index contributed by atoms with van der Waals surface area (Å²) in [5, 5.41) is 34.0. The number of halogens is 2. The lowest BCUT2D eigenvalue weighted by molar-refractivity contribution is -0.110. The van der Waals surface area contributed by atoms with Gasteiger partial charge in [0.25, 0.3) is 11.8 Å². The number of carbonyl (C=O) groups is 2. The average molecular weight is 594 g/mol. The molecule has 0 spiro atoms. The summed E-state index contributed by atoms with van der Waals surface area (Å²) in [6, 6.07) is 8.98. The van der Waals surface area contributed by atoms with Gasteiger partial charge in [0.05, 0.1) is 35.0 Å². The number of rotatable bonds is 8. The summed E-state index contributed by atoms with van der Waals surface area (Å²) in [6.45, 7) is 1.41. The molecule has 1 aliphatic heterocycles. The van der Waals surface area contributed by atoms with E-state index in [1.165, 1.54) is 24.3 Å². The first-order valence-corrected chi connectivity index (χ1v) is 14.0. The Kier molecular flexibility index (Phi) is 7.95. The average Bonchev–Trinajstić information content (AvgIpc) is 3.35. The van der Waals surface area contributed by atoms with Crippen LogP contribution in [0, 0.1) is 13.8 Å². The van der Waals surface area contributed by atoms with Crippen LogP contribution >= 0.6 is 23.2 Å². The van der Waals surface area contributed by atoms with E-state index in [-0.39, 0.29) is 31.6 Å². The SMILES string of the molecule is Cc1[nH]c(C=C2C(=O)Nc3ccc(S(=O)(=O)Cc4c(Cl)cccc4Cl)cc32)c(C)c1C(=O)NC(O)(CO)CO. The molecule has 39 heavy (non-hydrogen) atoms. The topological polar surface area (TPSA) is 169 Å². The fraction of sp³-hybridized carbons (Fsp3) is 0.231. The number of aromatic nitrogens is 1. The van der Waals surface area contributed by atoms with Gasteiger partial charge in [-0.3, -0.25) is 9.59 Å². The number of fused-ring (bicyclic) bond motifs is 1. The largest absolute Gasteiger partial charge is 0.391 e. The van der Waals surface area contributed by atoms with E-state index in [1.807, 2.05) is 0 Å². The molecule has 0 aliphatic carbocycles. The molecule has 4 rings (SSSR count). The number of carbonyl (C=O) groups excluding carboxylic acids is 2. The van der Waals surface area contributed by atoms with Crippen molar-refractivity contribution >= 4 is 62.2 Å². The van der Waals surface area contributed by atoms with Crippen molar-refractivity contribution in [1.29, 1.82) is 0 Å². The van der Waals surface area contributed by atoms with E-state index in [0.717, 1.165) is 0 Å². The van der Waals surface area contributed by atoms with Gasteiger partial charge in [-0.25, -0.2) is 8.42 Å². The van der Waals surface area contributed by atoms with Crippen LogP contribution < -0.4 is 10.6 Å². The molecule has 0 atom stereocenters. The highest BCUT2D eigenvalue weighted by Gasteiger charge is 2.31. The van der Waals surface area contributed by atoms with Crippen LogP contribution in [0.5, 0.6) is 0 Å². The third-order valence-electron chi connectivity index (χ3n) is 6.39. The van der Waals surface area contributed by atoms with Crippen molar-refractivity contribution in [1.82, 2.24) is 10.3 Å². The molecule has 10 nitrogen and oxygen atoms in total. The van der Waals surface area contributed by atoms with E-state index in [1.54, 1.807) is 32.0 Å². The van der Waals surface area contributed by atoms with Crippen LogP contribution in [-0.4, -0.2) is 59.5 Å². The Morgan fingerprint density at radius 1 is 1.10 bits per heavy atom. The summed E-state index contributed by atoms with van der Waals surface area (Å²) < 4.78 is 26.5. The summed E-state index contributed by atoms with van der Waals surface area (Å²) in [6.07, 6.45) is 1.49. The molecule has 2 amide bonds. The monoisotopic (exact) mass is 593 g/mol. The quantitative estimate of drug-likeness (QED) is 0.172. The zero-order valence-corrected chi connectivity index (χ0v) is 23.1. The standard InChI is InChI=1S/C26H25Cl2N3O7S/c1-13-22(29-14(2)23(13)25(35)31-26(36,11-32)12-33)9-17-16-8-15(6-7-21(16)30-24(17)34)39(37,38)10-18-19(27)4-3-5-20(18)28/h3-9,29,32-33,36H,10-12H2,1-2H3,(H,30,34)(H,31,35). The van der Waals surface area contributed by atoms with Crippen molar-refractivity contribution in [3.8, 4) is 0 Å². The van der Waals surface area contributed by atoms with Crippen LogP contribution in [0.15, 0.2) is 41.3 Å². The Hall–Kier alpha value is -3.19. The van der Waals surface area contributed by atoms with E-state index in [0.29, 0.717) is 28.2 Å². The predicted molar refractivity (Wildman–Crippen MR) is 147 cm³/mol. The molecule has 2 heterocycles. The van der Waals surface area contributed by atoms with Gasteiger partial charge in [-0.05, 0) is 55.8 Å². The van der Waals surface area contributed by atoms with Gasteiger partial charge in [0.1, 0.15) is 0 Å². The second-order valence-corrected chi connectivity index (χ2v) is 11.9. The molecule has 1 aromatic heterocycles. The van der Waals surface area contributed by atoms with Gasteiger partial charge < -0.3 is 30.9 Å². The summed E-state index contributed by atoms with van der Waals surface area (Å²) in [5.41, 5.74) is 0.342. The second kappa shape index (κ2) is 10.8. The number of H-pyrrole nitrogens is 1. The molecule has 0 unspecified atom stereocenters. The van der Waals surface area contributed by atoms with Crippen LogP contribution in [0.4, 0.5) is 5.69 Å². The first-order chi connectivity index (χ1) is 18.3. The maximum Gasteiger partial charge on any atom is 0.256 e. The highest BCUT2D eigenvalue weighted by molar-refractivity contribution is 7.90. The van der Waals surface area contributed by atoms with E-state index in [2.05, 4.69) is 15.6 Å². The maximum atomic E-state index is 13.2. The second-order valence-electron chi connectivity index (χ2n) is 9.14. The van der Waals surface area contributed by atoms with Crippen molar-refractivity contribution in [3.63, 3.8) is 0 Å². The summed E-state index contributed by atoms with van der Waals surface area (Å²) >= 11 is 12.3. The Morgan fingerprint density at radius 2 is 1.74 bits per heavy atom. The molecule has 13 heteroatoms. The Morgan fingerprint density at radius 3 is 2.36 bits per heavy atom. The Labute approximate surface area is 234 Å². The lowest BCUT2D eigenvalue weighted by atomic mass is 10.0. The van der Waals surface area contributed by atoms with Crippen LogP contribution in [-0.2, 0) is 20.4 Å². The number of hydrogen-bond acceptors (Lipinski definition) is 7. The molecule has 1 aliphatic rings. The number of anilines is 1. The van der Waals surface area contributed by atoms with Gasteiger partial charge in [0, 0.05) is 38.2 Å². The fourth-order valence-corrected chi connectivity index (χ4v) is 6.37. The van der Waals surface area contributed by atoms with E-state index < -0.39 is 46.3 Å². The number of aryl methyl sites for hydroxylation is 1. The Balaban J connectivity index is 1.71. The number of aromatic amines is 1. The van der Waals surface area contributed by atoms with Gasteiger partial charge in [0.15, 0.2) is 15.6 Å². The van der Waals surface area contributed by atoms with E-state index >= 15 is 0 Å². The van der Waals surface area contributed by atoms with Crippen molar-refractivity contribution in [3.05, 3.63) is 80.1 Å². The minimum atomic E-state index is -3.90. The summed E-state index contributed by atoms with van der Waals surface area (Å²) in [7, 11) is -3.90. The molecule has 206 valence electrons. The predicted octanol–water partition coefficient (Wildman–Crippen LogP) is 2.81. The molecular weight excluding hydrogens is 569 g/mol. The molecule has 0 bridgehead atoms. The van der Waals surface area contributed by atoms with Crippen LogP contribution in [0.3, 0.4) is 0 Å². The summed E-state index contributed by atoms with van der Waals surface area (Å²) in [4.78, 5) is 28.6. The number of nitrogens with one attached hydrogen (secondary N) is 3. The van der Waals surface area contributed by atoms with E-state index in [4.69, 9.17) is 23.2 Å². The third kappa shape index (κ3) is 5.60. The number of sulfone groups is 1. The molecule has 0 saturated carbocycles.